The third-order valence-electron chi connectivity index (χ3n) is 2.38. The summed E-state index contributed by atoms with van der Waals surface area (Å²) in [6, 6.07) is 4.17. The first kappa shape index (κ1) is 15.4. The molecule has 9 heteroatoms. The minimum Gasteiger partial charge on any atom is -0.481 e. The van der Waals surface area contributed by atoms with Gasteiger partial charge < -0.3 is 5.11 Å². The van der Waals surface area contributed by atoms with Crippen LogP contribution in [-0.4, -0.2) is 32.9 Å². The Balaban J connectivity index is 2.02. The second-order valence-corrected chi connectivity index (χ2v) is 6.17. The van der Waals surface area contributed by atoms with Crippen LogP contribution in [0.15, 0.2) is 22.5 Å². The van der Waals surface area contributed by atoms with Gasteiger partial charge in [-0.05, 0) is 24.6 Å². The molecule has 0 saturated heterocycles. The Kier molecular flexibility index (Phi) is 4.86. The number of carbonyl (C=O) groups is 2. The smallest absolute Gasteiger partial charge is 0.313 e. The van der Waals surface area contributed by atoms with E-state index in [0.29, 0.717) is 9.90 Å². The van der Waals surface area contributed by atoms with Crippen LogP contribution >= 0.6 is 23.1 Å². The lowest BCUT2D eigenvalue weighted by Gasteiger charge is -2.02. The molecule has 0 fully saturated rings. The second-order valence-electron chi connectivity index (χ2n) is 3.97. The number of aliphatic carboxylic acids is 1. The highest BCUT2D eigenvalue weighted by Crippen LogP contribution is 2.25. The predicted octanol–water partition coefficient (Wildman–Crippen LogP) is 2.41. The van der Waals surface area contributed by atoms with Crippen LogP contribution in [0.5, 0.6) is 0 Å². The van der Waals surface area contributed by atoms with Gasteiger partial charge in [0.2, 0.25) is 5.13 Å². The lowest BCUT2D eigenvalue weighted by Crippen LogP contribution is -2.12. The molecule has 1 aromatic carbocycles. The molecule has 110 valence electrons. The molecule has 1 aromatic heterocycles. The van der Waals surface area contributed by atoms with Crippen molar-refractivity contribution in [2.45, 2.75) is 11.3 Å². The molecule has 1 heterocycles. The Bertz CT molecular complexity index is 690. The highest BCUT2D eigenvalue weighted by Gasteiger charge is 2.12. The van der Waals surface area contributed by atoms with Gasteiger partial charge in [-0.3, -0.25) is 14.9 Å². The Morgan fingerprint density at radius 1 is 1.43 bits per heavy atom. The summed E-state index contributed by atoms with van der Waals surface area (Å²) in [7, 11) is 0. The van der Waals surface area contributed by atoms with E-state index in [1.165, 1.54) is 12.1 Å². The molecular formula is C12H10FN3O3S2. The first-order chi connectivity index (χ1) is 9.95. The average Bonchev–Trinajstić information content (AvgIpc) is 2.87. The van der Waals surface area contributed by atoms with Crippen LogP contribution in [0.25, 0.3) is 0 Å². The number of nitrogens with one attached hydrogen (secondary N) is 1. The zero-order chi connectivity index (χ0) is 15.4. The van der Waals surface area contributed by atoms with Gasteiger partial charge >= 0.3 is 5.97 Å². The van der Waals surface area contributed by atoms with Crippen molar-refractivity contribution in [2.24, 2.45) is 0 Å². The van der Waals surface area contributed by atoms with Gasteiger partial charge in [0, 0.05) is 5.56 Å². The standard InChI is InChI=1S/C12H10FN3O3S2/c1-6-2-3-7(4-8(6)13)10(19)14-11-15-16-12(21-11)20-5-9(17)18/h2-4H,5H2,1H3,(H,17,18)(H,14,15,19). The Hall–Kier alpha value is -2.00. The van der Waals surface area contributed by atoms with Crippen molar-refractivity contribution in [3.8, 4) is 0 Å². The van der Waals surface area contributed by atoms with Gasteiger partial charge in [0.25, 0.3) is 5.91 Å². The van der Waals surface area contributed by atoms with Gasteiger partial charge in [-0.1, -0.05) is 29.2 Å². The number of aromatic nitrogens is 2. The fraction of sp³-hybridized carbons (Fsp3) is 0.167. The number of carboxylic acid groups (broad SMARTS) is 1. The second kappa shape index (κ2) is 6.64. The number of aryl methyl sites for hydroxylation is 1. The number of benzene rings is 1. The molecule has 0 aliphatic carbocycles. The van der Waals surface area contributed by atoms with E-state index in [9.17, 15) is 14.0 Å². The maximum atomic E-state index is 13.4. The van der Waals surface area contributed by atoms with Gasteiger partial charge in [0.05, 0.1) is 5.75 Å². The van der Waals surface area contributed by atoms with Crippen molar-refractivity contribution < 1.29 is 19.1 Å². The van der Waals surface area contributed by atoms with Crippen molar-refractivity contribution >= 4 is 40.1 Å². The molecule has 0 radical (unpaired) electrons. The summed E-state index contributed by atoms with van der Waals surface area (Å²) in [4.78, 5) is 22.3. The largest absolute Gasteiger partial charge is 0.481 e. The molecule has 6 nitrogen and oxygen atoms in total. The summed E-state index contributed by atoms with van der Waals surface area (Å²) < 4.78 is 13.8. The zero-order valence-corrected chi connectivity index (χ0v) is 12.4. The summed E-state index contributed by atoms with van der Waals surface area (Å²) >= 11 is 2.07. The predicted molar refractivity (Wildman–Crippen MR) is 77.4 cm³/mol. The molecule has 0 atom stereocenters. The van der Waals surface area contributed by atoms with Crippen LogP contribution in [0.2, 0.25) is 0 Å². The molecule has 1 amide bonds. The summed E-state index contributed by atoms with van der Waals surface area (Å²) in [5, 5.41) is 18.8. The molecule has 0 aliphatic heterocycles. The maximum absolute atomic E-state index is 13.4. The van der Waals surface area contributed by atoms with E-state index in [2.05, 4.69) is 15.5 Å². The van der Waals surface area contributed by atoms with E-state index >= 15 is 0 Å². The fourth-order valence-electron chi connectivity index (χ4n) is 1.35. The number of thioether (sulfide) groups is 1. The third kappa shape index (κ3) is 4.23. The van der Waals surface area contributed by atoms with E-state index < -0.39 is 17.7 Å². The van der Waals surface area contributed by atoms with Crippen LogP contribution in [0.4, 0.5) is 9.52 Å². The highest BCUT2D eigenvalue weighted by atomic mass is 32.2. The molecule has 0 spiro atoms. The van der Waals surface area contributed by atoms with Crippen molar-refractivity contribution in [3.05, 3.63) is 35.1 Å². The number of amides is 1. The number of carboxylic acids is 1. The van der Waals surface area contributed by atoms with Gasteiger partial charge in [0.1, 0.15) is 5.82 Å². The van der Waals surface area contributed by atoms with Crippen LogP contribution in [0.3, 0.4) is 0 Å². The van der Waals surface area contributed by atoms with Gasteiger partial charge in [-0.2, -0.15) is 0 Å². The van der Waals surface area contributed by atoms with Crippen LogP contribution in [0.1, 0.15) is 15.9 Å². The zero-order valence-electron chi connectivity index (χ0n) is 10.8. The first-order valence-electron chi connectivity index (χ1n) is 5.71. The van der Waals surface area contributed by atoms with Gasteiger partial charge in [0.15, 0.2) is 4.34 Å². The first-order valence-corrected chi connectivity index (χ1v) is 7.51. The molecule has 2 N–H and O–H groups in total. The van der Waals surface area contributed by atoms with Crippen LogP contribution in [-0.2, 0) is 4.79 Å². The SMILES string of the molecule is Cc1ccc(C(=O)Nc2nnc(SCC(=O)O)s2)cc1F. The van der Waals surface area contributed by atoms with E-state index in [-0.39, 0.29) is 16.4 Å². The maximum Gasteiger partial charge on any atom is 0.313 e. The summed E-state index contributed by atoms with van der Waals surface area (Å²) in [6.07, 6.45) is 0. The van der Waals surface area contributed by atoms with Crippen LogP contribution in [0, 0.1) is 12.7 Å². The Labute approximate surface area is 127 Å². The van der Waals surface area contributed by atoms with Crippen molar-refractivity contribution in [2.75, 3.05) is 11.1 Å². The molecule has 2 aromatic rings. The van der Waals surface area contributed by atoms with Crippen molar-refractivity contribution in [3.63, 3.8) is 0 Å². The van der Waals surface area contributed by atoms with Crippen molar-refractivity contribution in [1.29, 1.82) is 0 Å². The number of halogens is 1. The minimum atomic E-state index is -0.962. The van der Waals surface area contributed by atoms with Gasteiger partial charge in [-0.15, -0.1) is 10.2 Å². The molecular weight excluding hydrogens is 317 g/mol. The monoisotopic (exact) mass is 327 g/mol. The lowest BCUT2D eigenvalue weighted by molar-refractivity contribution is -0.133. The minimum absolute atomic E-state index is 0.133. The number of carbonyl (C=O) groups excluding carboxylic acids is 1. The molecule has 0 bridgehead atoms. The summed E-state index contributed by atoms with van der Waals surface area (Å²) in [5.74, 6) is -2.06. The number of nitrogens with zero attached hydrogens (tertiary/aromatic N) is 2. The number of hydrogen-bond acceptors (Lipinski definition) is 6. The average molecular weight is 327 g/mol. The number of rotatable bonds is 5. The molecule has 0 saturated carbocycles. The van der Waals surface area contributed by atoms with Gasteiger partial charge in [-0.25, -0.2) is 4.39 Å². The van der Waals surface area contributed by atoms with E-state index in [0.717, 1.165) is 29.2 Å². The van der Waals surface area contributed by atoms with Crippen molar-refractivity contribution in [1.82, 2.24) is 10.2 Å². The lowest BCUT2D eigenvalue weighted by atomic mass is 10.1. The van der Waals surface area contributed by atoms with E-state index in [1.807, 2.05) is 0 Å². The normalized spacial score (nSPS) is 10.4. The quantitative estimate of drug-likeness (QED) is 0.647. The fourth-order valence-corrected chi connectivity index (χ4v) is 2.81. The molecule has 0 aliphatic rings. The highest BCUT2D eigenvalue weighted by molar-refractivity contribution is 8.01. The summed E-state index contributed by atoms with van der Waals surface area (Å²) in [5.41, 5.74) is 0.628. The van der Waals surface area contributed by atoms with Crippen LogP contribution < -0.4 is 5.32 Å². The summed E-state index contributed by atoms with van der Waals surface area (Å²) in [6.45, 7) is 1.60. The van der Waals surface area contributed by atoms with E-state index in [1.54, 1.807) is 6.92 Å². The number of anilines is 1. The topological polar surface area (TPSA) is 92.2 Å². The molecule has 2 rings (SSSR count). The third-order valence-corrected chi connectivity index (χ3v) is 4.34. The Morgan fingerprint density at radius 2 is 2.19 bits per heavy atom. The van der Waals surface area contributed by atoms with E-state index in [4.69, 9.17) is 5.11 Å². The molecule has 21 heavy (non-hydrogen) atoms. The number of hydrogen-bond donors (Lipinski definition) is 2. The molecule has 0 unspecified atom stereocenters. The Morgan fingerprint density at radius 3 is 2.86 bits per heavy atom.